The van der Waals surface area contributed by atoms with E-state index in [-0.39, 0.29) is 18.9 Å². The van der Waals surface area contributed by atoms with E-state index in [1.165, 1.54) is 12.0 Å². The van der Waals surface area contributed by atoms with Crippen LogP contribution >= 0.6 is 0 Å². The average Bonchev–Trinajstić information content (AvgIpc) is 2.93. The zero-order valence-corrected chi connectivity index (χ0v) is 23.8. The van der Waals surface area contributed by atoms with E-state index in [1.807, 2.05) is 68.4 Å². The number of carbonyl (C=O) groups excluding carboxylic acids is 2. The summed E-state index contributed by atoms with van der Waals surface area (Å²) in [5, 5.41) is 2.94. The molecule has 0 saturated carbocycles. The van der Waals surface area contributed by atoms with Crippen LogP contribution < -0.4 is 14.4 Å². The Kier molecular flexibility index (Phi) is 10.5. The first-order valence-electron chi connectivity index (χ1n) is 12.9. The Balaban J connectivity index is 2.04. The first kappa shape index (κ1) is 29.7. The number of carbonyl (C=O) groups is 2. The number of nitrogens with zero attached hydrogens (tertiary/aromatic N) is 2. The van der Waals surface area contributed by atoms with E-state index in [4.69, 9.17) is 4.74 Å². The van der Waals surface area contributed by atoms with Crippen LogP contribution in [0.5, 0.6) is 5.75 Å². The minimum atomic E-state index is -3.82. The Bertz CT molecular complexity index is 1340. The molecule has 0 aromatic heterocycles. The molecule has 3 rings (SSSR count). The predicted molar refractivity (Wildman–Crippen MR) is 154 cm³/mol. The molecule has 2 amide bonds. The van der Waals surface area contributed by atoms with Crippen LogP contribution in [0.4, 0.5) is 5.69 Å². The third kappa shape index (κ3) is 8.32. The minimum Gasteiger partial charge on any atom is -0.497 e. The molecule has 0 aliphatic carbocycles. The van der Waals surface area contributed by atoms with E-state index >= 15 is 0 Å². The molecule has 0 saturated heterocycles. The highest BCUT2D eigenvalue weighted by Crippen LogP contribution is 2.23. The fourth-order valence-electron chi connectivity index (χ4n) is 4.25. The van der Waals surface area contributed by atoms with Crippen molar-refractivity contribution in [2.45, 2.75) is 39.3 Å². The number of nitrogens with one attached hydrogen (secondary N) is 1. The number of hydrogen-bond acceptors (Lipinski definition) is 5. The largest absolute Gasteiger partial charge is 0.497 e. The highest BCUT2D eigenvalue weighted by molar-refractivity contribution is 7.92. The van der Waals surface area contributed by atoms with E-state index in [1.54, 1.807) is 24.3 Å². The maximum absolute atomic E-state index is 14.0. The summed E-state index contributed by atoms with van der Waals surface area (Å²) in [4.78, 5) is 29.0. The lowest BCUT2D eigenvalue weighted by atomic mass is 10.0. The van der Waals surface area contributed by atoms with Gasteiger partial charge in [0.05, 0.1) is 19.1 Å². The van der Waals surface area contributed by atoms with Gasteiger partial charge in [-0.05, 0) is 54.3 Å². The molecular formula is C30H37N3O5S. The fourth-order valence-corrected chi connectivity index (χ4v) is 5.10. The van der Waals surface area contributed by atoms with Crippen molar-refractivity contribution >= 4 is 27.5 Å². The Morgan fingerprint density at radius 1 is 0.949 bits per heavy atom. The van der Waals surface area contributed by atoms with Gasteiger partial charge in [0.15, 0.2) is 0 Å². The molecule has 3 aromatic carbocycles. The van der Waals surface area contributed by atoms with Crippen molar-refractivity contribution in [3.63, 3.8) is 0 Å². The number of sulfonamides is 1. The lowest BCUT2D eigenvalue weighted by Crippen LogP contribution is -2.53. The van der Waals surface area contributed by atoms with Gasteiger partial charge in [0.1, 0.15) is 18.3 Å². The summed E-state index contributed by atoms with van der Waals surface area (Å²) < 4.78 is 31.9. The van der Waals surface area contributed by atoms with Crippen molar-refractivity contribution < 1.29 is 22.7 Å². The lowest BCUT2D eigenvalue weighted by molar-refractivity contribution is -0.140. The third-order valence-electron chi connectivity index (χ3n) is 6.46. The highest BCUT2D eigenvalue weighted by atomic mass is 32.2. The number of ether oxygens (including phenoxy) is 1. The molecule has 8 nitrogen and oxygen atoms in total. The number of aryl methyl sites for hydroxylation is 1. The van der Waals surface area contributed by atoms with Crippen molar-refractivity contribution in [2.24, 2.45) is 0 Å². The number of methoxy groups -OCH3 is 1. The SMILES string of the molecule is CCCNC(=O)[C@H](Cc1ccccc1)N(Cc1ccccc1C)C(=O)CN(c1ccc(OC)cc1)S(C)(=O)=O. The lowest BCUT2D eigenvalue weighted by Gasteiger charge is -2.34. The highest BCUT2D eigenvalue weighted by Gasteiger charge is 2.33. The number of benzene rings is 3. The van der Waals surface area contributed by atoms with E-state index in [0.717, 1.165) is 33.7 Å². The molecule has 0 radical (unpaired) electrons. The smallest absolute Gasteiger partial charge is 0.244 e. The molecule has 39 heavy (non-hydrogen) atoms. The van der Waals surface area contributed by atoms with Gasteiger partial charge < -0.3 is 15.0 Å². The van der Waals surface area contributed by atoms with Crippen LogP contribution in [-0.2, 0) is 32.6 Å². The number of rotatable bonds is 13. The quantitative estimate of drug-likeness (QED) is 0.347. The molecule has 3 aromatic rings. The maximum Gasteiger partial charge on any atom is 0.244 e. The van der Waals surface area contributed by atoms with Gasteiger partial charge in [0, 0.05) is 19.5 Å². The monoisotopic (exact) mass is 551 g/mol. The summed E-state index contributed by atoms with van der Waals surface area (Å²) >= 11 is 0. The second-order valence-corrected chi connectivity index (χ2v) is 11.3. The zero-order chi connectivity index (χ0) is 28.4. The molecular weight excluding hydrogens is 514 g/mol. The van der Waals surface area contributed by atoms with Crippen LogP contribution in [0.1, 0.15) is 30.0 Å². The van der Waals surface area contributed by atoms with Crippen LogP contribution in [-0.4, -0.2) is 57.6 Å². The topological polar surface area (TPSA) is 96.0 Å². The van der Waals surface area contributed by atoms with Crippen LogP contribution in [0.25, 0.3) is 0 Å². The summed E-state index contributed by atoms with van der Waals surface area (Å²) in [5.74, 6) is -0.194. The van der Waals surface area contributed by atoms with Crippen LogP contribution in [0.3, 0.4) is 0 Å². The maximum atomic E-state index is 14.0. The van der Waals surface area contributed by atoms with E-state index in [2.05, 4.69) is 5.32 Å². The van der Waals surface area contributed by atoms with E-state index in [9.17, 15) is 18.0 Å². The molecule has 0 heterocycles. The number of amides is 2. The number of hydrogen-bond donors (Lipinski definition) is 1. The average molecular weight is 552 g/mol. The third-order valence-corrected chi connectivity index (χ3v) is 7.60. The summed E-state index contributed by atoms with van der Waals surface area (Å²) in [6.45, 7) is 4.08. The molecule has 208 valence electrons. The van der Waals surface area contributed by atoms with Gasteiger partial charge in [-0.15, -0.1) is 0 Å². The van der Waals surface area contributed by atoms with Crippen LogP contribution in [0.15, 0.2) is 78.9 Å². The van der Waals surface area contributed by atoms with Crippen molar-refractivity contribution in [1.29, 1.82) is 0 Å². The van der Waals surface area contributed by atoms with Gasteiger partial charge in [0.2, 0.25) is 21.8 Å². The molecule has 9 heteroatoms. The standard InChI is InChI=1S/C30H37N3O5S/c1-5-19-31-30(35)28(20-24-12-7-6-8-13-24)32(21-25-14-10-9-11-23(25)2)29(34)22-33(39(4,36)37)26-15-17-27(38-3)18-16-26/h6-18,28H,5,19-22H2,1-4H3,(H,31,35)/t28-/m0/s1. The minimum absolute atomic E-state index is 0.156. The van der Waals surface area contributed by atoms with Crippen LogP contribution in [0.2, 0.25) is 0 Å². The molecule has 1 N–H and O–H groups in total. The molecule has 0 aliphatic heterocycles. The number of anilines is 1. The Labute approximate surface area is 231 Å². The Hall–Kier alpha value is -3.85. The van der Waals surface area contributed by atoms with Gasteiger partial charge in [-0.2, -0.15) is 0 Å². The van der Waals surface area contributed by atoms with Crippen LogP contribution in [0, 0.1) is 6.92 Å². The molecule has 0 aliphatic rings. The van der Waals surface area contributed by atoms with Gasteiger partial charge in [-0.3, -0.25) is 13.9 Å². The summed E-state index contributed by atoms with van der Waals surface area (Å²) in [6.07, 6.45) is 2.09. The second-order valence-electron chi connectivity index (χ2n) is 9.41. The first-order valence-corrected chi connectivity index (χ1v) is 14.8. The fraction of sp³-hybridized carbons (Fsp3) is 0.333. The Morgan fingerprint density at radius 2 is 1.59 bits per heavy atom. The van der Waals surface area contributed by atoms with Gasteiger partial charge in [0.25, 0.3) is 0 Å². The molecule has 1 atom stereocenters. The summed E-state index contributed by atoms with van der Waals surface area (Å²) in [6, 6.07) is 22.8. The second kappa shape index (κ2) is 13.8. The first-order chi connectivity index (χ1) is 18.6. The molecule has 0 fully saturated rings. The normalized spacial score (nSPS) is 11.9. The van der Waals surface area contributed by atoms with Crippen molar-refractivity contribution in [2.75, 3.05) is 30.8 Å². The van der Waals surface area contributed by atoms with Crippen molar-refractivity contribution in [3.8, 4) is 5.75 Å². The van der Waals surface area contributed by atoms with Gasteiger partial charge in [-0.1, -0.05) is 61.5 Å². The Morgan fingerprint density at radius 3 is 2.18 bits per heavy atom. The predicted octanol–water partition coefficient (Wildman–Crippen LogP) is 3.94. The molecule has 0 unspecified atom stereocenters. The van der Waals surface area contributed by atoms with Gasteiger partial charge >= 0.3 is 0 Å². The van der Waals surface area contributed by atoms with Gasteiger partial charge in [-0.25, -0.2) is 8.42 Å². The van der Waals surface area contributed by atoms with E-state index in [0.29, 0.717) is 18.0 Å². The zero-order valence-electron chi connectivity index (χ0n) is 23.0. The van der Waals surface area contributed by atoms with Crippen molar-refractivity contribution in [1.82, 2.24) is 10.2 Å². The van der Waals surface area contributed by atoms with E-state index < -0.39 is 28.5 Å². The summed E-state index contributed by atoms with van der Waals surface area (Å²) in [5.41, 5.74) is 3.07. The molecule has 0 spiro atoms. The molecule has 0 bridgehead atoms. The van der Waals surface area contributed by atoms with Crippen molar-refractivity contribution in [3.05, 3.63) is 95.6 Å². The summed E-state index contributed by atoms with van der Waals surface area (Å²) in [7, 11) is -2.30.